The number of aryl methyl sites for hydroxylation is 2. The highest BCUT2D eigenvalue weighted by Gasteiger charge is 2.30. The summed E-state index contributed by atoms with van der Waals surface area (Å²) < 4.78 is 4.94. The number of amides is 2. The molecule has 2 heterocycles. The fraction of sp³-hybridized carbons (Fsp3) is 0.550. The van der Waals surface area contributed by atoms with E-state index in [-0.39, 0.29) is 36.3 Å². The number of carboxylic acid groups (broad SMARTS) is 1. The van der Waals surface area contributed by atoms with E-state index in [9.17, 15) is 9.59 Å². The third-order valence-corrected chi connectivity index (χ3v) is 5.66. The molecule has 0 aliphatic heterocycles. The Bertz CT molecular complexity index is 869. The molecule has 0 aromatic carbocycles. The van der Waals surface area contributed by atoms with Crippen LogP contribution in [0.3, 0.4) is 0 Å². The second-order valence-electron chi connectivity index (χ2n) is 7.77. The lowest BCUT2D eigenvalue weighted by molar-refractivity contribution is -0.127. The molecule has 2 aromatic rings. The van der Waals surface area contributed by atoms with Crippen molar-refractivity contribution >= 4 is 18.3 Å². The molecule has 30 heavy (non-hydrogen) atoms. The summed E-state index contributed by atoms with van der Waals surface area (Å²) in [6, 6.07) is 1.89. The van der Waals surface area contributed by atoms with Crippen LogP contribution in [0.1, 0.15) is 59.6 Å². The van der Waals surface area contributed by atoms with Gasteiger partial charge in [0.25, 0.3) is 12.4 Å². The summed E-state index contributed by atoms with van der Waals surface area (Å²) in [4.78, 5) is 33.1. The maximum Gasteiger partial charge on any atom is 0.290 e. The van der Waals surface area contributed by atoms with Crippen molar-refractivity contribution in [3.63, 3.8) is 0 Å². The number of carbonyl (C=O) groups is 3. The first-order valence-electron chi connectivity index (χ1n) is 10.1. The van der Waals surface area contributed by atoms with E-state index >= 15 is 0 Å². The number of aromatic amines is 1. The van der Waals surface area contributed by atoms with Crippen LogP contribution < -0.4 is 10.6 Å². The summed E-state index contributed by atoms with van der Waals surface area (Å²) in [5, 5.41) is 23.9. The third kappa shape index (κ3) is 5.46. The summed E-state index contributed by atoms with van der Waals surface area (Å²) in [6.07, 6.45) is 7.80. The van der Waals surface area contributed by atoms with Gasteiger partial charge in [-0.05, 0) is 51.0 Å². The van der Waals surface area contributed by atoms with Gasteiger partial charge in [-0.1, -0.05) is 5.16 Å². The van der Waals surface area contributed by atoms with Crippen LogP contribution in [-0.2, 0) is 22.4 Å². The van der Waals surface area contributed by atoms with E-state index in [1.54, 1.807) is 13.0 Å². The van der Waals surface area contributed by atoms with Gasteiger partial charge in [0.15, 0.2) is 5.69 Å². The lowest BCUT2D eigenvalue weighted by atomic mass is 9.84. The predicted octanol–water partition coefficient (Wildman–Crippen LogP) is 1.37. The molecule has 0 saturated heterocycles. The minimum atomic E-state index is -0.250. The maximum absolute atomic E-state index is 12.6. The number of carbonyl (C=O) groups excluding carboxylic acids is 2. The third-order valence-electron chi connectivity index (χ3n) is 5.66. The number of aromatic nitrogens is 3. The zero-order valence-corrected chi connectivity index (χ0v) is 16.9. The topological polar surface area (TPSA) is 150 Å². The Labute approximate surface area is 173 Å². The summed E-state index contributed by atoms with van der Waals surface area (Å²) in [6.45, 7) is 1.51. The first kappa shape index (κ1) is 21.5. The van der Waals surface area contributed by atoms with E-state index in [2.05, 4.69) is 26.0 Å². The zero-order chi connectivity index (χ0) is 21.5. The van der Waals surface area contributed by atoms with Gasteiger partial charge < -0.3 is 20.3 Å². The highest BCUT2D eigenvalue weighted by atomic mass is 16.5. The van der Waals surface area contributed by atoms with Gasteiger partial charge >= 0.3 is 0 Å². The SMILES string of the molecule is Cc1cc(C(=O)NC2CCC(C(=O)NC3CCc4cn[nH]c4C3)CC2)no1.O=CO. The van der Waals surface area contributed by atoms with E-state index in [0.717, 1.165) is 50.6 Å². The molecule has 162 valence electrons. The Kier molecular flexibility index (Phi) is 7.21. The standard InChI is InChI=1S/C19H25N5O3.CH2O2/c1-11-8-17(24-27-11)19(26)21-14-5-2-12(3-6-14)18(25)22-15-7-4-13-10-20-23-16(13)9-15;2-1-3/h8,10,12,14-15H,2-7,9H2,1H3,(H,20,23)(H,21,26)(H,22,25);1H,(H,2,3). The fourth-order valence-corrected chi connectivity index (χ4v) is 4.08. The van der Waals surface area contributed by atoms with Crippen molar-refractivity contribution in [3.05, 3.63) is 35.0 Å². The van der Waals surface area contributed by atoms with Crippen molar-refractivity contribution in [1.29, 1.82) is 0 Å². The van der Waals surface area contributed by atoms with Crippen LogP contribution in [0.2, 0.25) is 0 Å². The van der Waals surface area contributed by atoms with Crippen LogP contribution in [-0.4, -0.2) is 50.8 Å². The number of hydrogen-bond acceptors (Lipinski definition) is 6. The predicted molar refractivity (Wildman–Crippen MR) is 106 cm³/mol. The first-order valence-corrected chi connectivity index (χ1v) is 10.1. The van der Waals surface area contributed by atoms with E-state index in [1.165, 1.54) is 5.56 Å². The molecule has 1 fully saturated rings. The lowest BCUT2D eigenvalue weighted by Gasteiger charge is -2.30. The normalized spacial score (nSPS) is 22.8. The van der Waals surface area contributed by atoms with Crippen LogP contribution in [0, 0.1) is 12.8 Å². The van der Waals surface area contributed by atoms with Gasteiger partial charge in [0.05, 0.1) is 6.20 Å². The molecule has 4 rings (SSSR count). The number of fused-ring (bicyclic) bond motifs is 1. The van der Waals surface area contributed by atoms with Crippen molar-refractivity contribution in [2.24, 2.45) is 5.92 Å². The fourth-order valence-electron chi connectivity index (χ4n) is 4.08. The zero-order valence-electron chi connectivity index (χ0n) is 16.9. The van der Waals surface area contributed by atoms with Crippen molar-refractivity contribution < 1.29 is 24.0 Å². The molecule has 1 atom stereocenters. The highest BCUT2D eigenvalue weighted by molar-refractivity contribution is 5.92. The van der Waals surface area contributed by atoms with Gasteiger partial charge in [0, 0.05) is 36.2 Å². The average molecular weight is 417 g/mol. The largest absolute Gasteiger partial charge is 0.483 e. The molecular formula is C20H27N5O5. The molecule has 2 aliphatic rings. The van der Waals surface area contributed by atoms with E-state index in [1.807, 2.05) is 6.20 Å². The van der Waals surface area contributed by atoms with Gasteiger partial charge in [-0.2, -0.15) is 5.10 Å². The summed E-state index contributed by atoms with van der Waals surface area (Å²) in [5.41, 5.74) is 2.71. The molecule has 10 nitrogen and oxygen atoms in total. The molecule has 2 aliphatic carbocycles. The van der Waals surface area contributed by atoms with Gasteiger partial charge in [0.1, 0.15) is 5.76 Å². The van der Waals surface area contributed by atoms with E-state index in [4.69, 9.17) is 14.4 Å². The molecule has 0 spiro atoms. The number of rotatable bonds is 4. The Morgan fingerprint density at radius 2 is 1.93 bits per heavy atom. The maximum atomic E-state index is 12.6. The number of hydrogen-bond donors (Lipinski definition) is 4. The quantitative estimate of drug-likeness (QED) is 0.549. The summed E-state index contributed by atoms with van der Waals surface area (Å²) in [5.74, 6) is 0.568. The molecule has 4 N–H and O–H groups in total. The lowest BCUT2D eigenvalue weighted by Crippen LogP contribution is -2.45. The van der Waals surface area contributed by atoms with Gasteiger partial charge in [-0.25, -0.2) is 0 Å². The summed E-state index contributed by atoms with van der Waals surface area (Å²) >= 11 is 0. The molecular weight excluding hydrogens is 390 g/mol. The van der Waals surface area contributed by atoms with Crippen LogP contribution in [0.25, 0.3) is 0 Å². The number of nitrogens with one attached hydrogen (secondary N) is 3. The molecule has 2 amide bonds. The molecule has 1 unspecified atom stereocenters. The van der Waals surface area contributed by atoms with Crippen molar-refractivity contribution in [2.45, 2.75) is 64.0 Å². The second kappa shape index (κ2) is 10.0. The first-order chi connectivity index (χ1) is 14.5. The highest BCUT2D eigenvalue weighted by Crippen LogP contribution is 2.26. The summed E-state index contributed by atoms with van der Waals surface area (Å²) in [7, 11) is 0. The smallest absolute Gasteiger partial charge is 0.290 e. The Morgan fingerprint density at radius 1 is 1.20 bits per heavy atom. The second-order valence-corrected chi connectivity index (χ2v) is 7.77. The average Bonchev–Trinajstić information content (AvgIpc) is 3.37. The van der Waals surface area contributed by atoms with Crippen LogP contribution >= 0.6 is 0 Å². The van der Waals surface area contributed by atoms with Crippen molar-refractivity contribution in [3.8, 4) is 0 Å². The Morgan fingerprint density at radius 3 is 2.60 bits per heavy atom. The van der Waals surface area contributed by atoms with Crippen molar-refractivity contribution in [2.75, 3.05) is 0 Å². The molecule has 0 radical (unpaired) electrons. The van der Waals surface area contributed by atoms with Crippen LogP contribution in [0.15, 0.2) is 16.8 Å². The van der Waals surface area contributed by atoms with Crippen LogP contribution in [0.5, 0.6) is 0 Å². The molecule has 0 bridgehead atoms. The Balaban J connectivity index is 0.000000806. The van der Waals surface area contributed by atoms with Gasteiger partial charge in [-0.15, -0.1) is 0 Å². The van der Waals surface area contributed by atoms with Crippen molar-refractivity contribution in [1.82, 2.24) is 26.0 Å². The number of nitrogens with zero attached hydrogens (tertiary/aromatic N) is 2. The van der Waals surface area contributed by atoms with E-state index < -0.39 is 0 Å². The minimum Gasteiger partial charge on any atom is -0.483 e. The number of H-pyrrole nitrogens is 1. The van der Waals surface area contributed by atoms with Gasteiger partial charge in [0.2, 0.25) is 5.91 Å². The molecule has 1 saturated carbocycles. The molecule has 10 heteroatoms. The monoisotopic (exact) mass is 417 g/mol. The Hall–Kier alpha value is -3.17. The van der Waals surface area contributed by atoms with Crippen LogP contribution in [0.4, 0.5) is 0 Å². The van der Waals surface area contributed by atoms with Gasteiger partial charge in [-0.3, -0.25) is 19.5 Å². The minimum absolute atomic E-state index is 0.0237. The molecule has 2 aromatic heterocycles. The van der Waals surface area contributed by atoms with E-state index in [0.29, 0.717) is 11.5 Å².